The summed E-state index contributed by atoms with van der Waals surface area (Å²) in [4.78, 5) is 2.26. The predicted octanol–water partition coefficient (Wildman–Crippen LogP) is 4.57. The van der Waals surface area contributed by atoms with E-state index in [0.717, 1.165) is 38.3 Å². The van der Waals surface area contributed by atoms with E-state index in [1.165, 1.54) is 21.8 Å². The lowest BCUT2D eigenvalue weighted by Crippen LogP contribution is -2.45. The third-order valence-electron chi connectivity index (χ3n) is 5.24. The summed E-state index contributed by atoms with van der Waals surface area (Å²) in [6.45, 7) is 6.46. The van der Waals surface area contributed by atoms with Crippen molar-refractivity contribution >= 4 is 46.6 Å². The Morgan fingerprint density at radius 2 is 1.69 bits per heavy atom. The monoisotopic (exact) mass is 397 g/mol. The van der Waals surface area contributed by atoms with Crippen molar-refractivity contribution in [3.8, 4) is 0 Å². The molecule has 0 spiro atoms. The molecule has 2 heterocycles. The zero-order valence-electron chi connectivity index (χ0n) is 15.0. The number of nitrogens with zero attached hydrogens (tertiary/aromatic N) is 2. The van der Waals surface area contributed by atoms with Crippen molar-refractivity contribution in [3.05, 3.63) is 48.0 Å². The Labute approximate surface area is 166 Å². The number of rotatable bonds is 4. The fourth-order valence-corrected chi connectivity index (χ4v) is 4.01. The van der Waals surface area contributed by atoms with Gasteiger partial charge in [0.15, 0.2) is 0 Å². The first-order valence-electron chi connectivity index (χ1n) is 8.85. The second-order valence-electron chi connectivity index (χ2n) is 6.49. The van der Waals surface area contributed by atoms with Crippen molar-refractivity contribution in [2.24, 2.45) is 0 Å². The molecule has 1 atom stereocenters. The van der Waals surface area contributed by atoms with E-state index in [1.54, 1.807) is 0 Å². The number of hydrogen-bond donors (Lipinski definition) is 1. The molecule has 1 saturated heterocycles. The van der Waals surface area contributed by atoms with E-state index in [4.69, 9.17) is 0 Å². The van der Waals surface area contributed by atoms with Crippen molar-refractivity contribution in [1.82, 2.24) is 14.8 Å². The van der Waals surface area contributed by atoms with Crippen LogP contribution in [0, 0.1) is 0 Å². The van der Waals surface area contributed by atoms with Gasteiger partial charge in [0.2, 0.25) is 0 Å². The van der Waals surface area contributed by atoms with Crippen LogP contribution in [0.15, 0.2) is 42.5 Å². The van der Waals surface area contributed by atoms with Crippen molar-refractivity contribution in [3.63, 3.8) is 0 Å². The number of aryl methyl sites for hydroxylation is 1. The molecule has 0 bridgehead atoms. The number of fused-ring (bicyclic) bond motifs is 3. The first-order valence-corrected chi connectivity index (χ1v) is 8.85. The van der Waals surface area contributed by atoms with E-state index >= 15 is 0 Å². The molecule has 3 aromatic rings. The lowest BCUT2D eigenvalue weighted by atomic mass is 10.0. The topological polar surface area (TPSA) is 20.2 Å². The van der Waals surface area contributed by atoms with E-state index in [1.807, 2.05) is 0 Å². The molecule has 4 rings (SSSR count). The van der Waals surface area contributed by atoms with Crippen LogP contribution in [-0.2, 0) is 6.54 Å². The maximum atomic E-state index is 13.8. The van der Waals surface area contributed by atoms with E-state index in [0.29, 0.717) is 0 Å². The van der Waals surface area contributed by atoms with Gasteiger partial charge >= 0.3 is 0 Å². The van der Waals surface area contributed by atoms with Crippen LogP contribution in [0.3, 0.4) is 0 Å². The highest BCUT2D eigenvalue weighted by Gasteiger charge is 2.23. The van der Waals surface area contributed by atoms with Crippen LogP contribution in [0.25, 0.3) is 21.8 Å². The van der Waals surface area contributed by atoms with E-state index in [9.17, 15) is 4.39 Å². The largest absolute Gasteiger partial charge is 0.341 e. The fraction of sp³-hybridized carbons (Fsp3) is 0.400. The zero-order chi connectivity index (χ0) is 16.5. The third kappa shape index (κ3) is 3.56. The fourth-order valence-electron chi connectivity index (χ4n) is 4.01. The second kappa shape index (κ2) is 9.05. The number of nitrogens with one attached hydrogen (secondary N) is 1. The van der Waals surface area contributed by atoms with E-state index < -0.39 is 0 Å². The van der Waals surface area contributed by atoms with Gasteiger partial charge in [0.05, 0.1) is 6.04 Å². The third-order valence-corrected chi connectivity index (χ3v) is 5.24. The van der Waals surface area contributed by atoms with Crippen LogP contribution >= 0.6 is 24.8 Å². The van der Waals surface area contributed by atoms with Gasteiger partial charge in [0, 0.05) is 54.5 Å². The van der Waals surface area contributed by atoms with Crippen molar-refractivity contribution in [2.45, 2.75) is 19.5 Å². The highest BCUT2D eigenvalue weighted by Crippen LogP contribution is 2.32. The van der Waals surface area contributed by atoms with Crippen LogP contribution in [0.2, 0.25) is 0 Å². The predicted molar refractivity (Wildman–Crippen MR) is 113 cm³/mol. The van der Waals surface area contributed by atoms with Gasteiger partial charge in [0.1, 0.15) is 6.67 Å². The first kappa shape index (κ1) is 21.0. The van der Waals surface area contributed by atoms with Crippen LogP contribution in [-0.4, -0.2) is 42.3 Å². The number of aromatic nitrogens is 1. The van der Waals surface area contributed by atoms with Gasteiger partial charge < -0.3 is 9.88 Å². The van der Waals surface area contributed by atoms with Gasteiger partial charge in [-0.05, 0) is 30.7 Å². The van der Waals surface area contributed by atoms with Gasteiger partial charge in [-0.3, -0.25) is 4.90 Å². The molecule has 0 aliphatic carbocycles. The minimum atomic E-state index is -0.335. The van der Waals surface area contributed by atoms with Gasteiger partial charge in [-0.25, -0.2) is 4.39 Å². The first-order chi connectivity index (χ1) is 11.8. The van der Waals surface area contributed by atoms with Gasteiger partial charge in [-0.2, -0.15) is 0 Å². The Balaban J connectivity index is 0.00000121. The summed E-state index contributed by atoms with van der Waals surface area (Å²) < 4.78 is 16.2. The van der Waals surface area contributed by atoms with Crippen LogP contribution < -0.4 is 5.32 Å². The minimum Gasteiger partial charge on any atom is -0.341 e. The maximum absolute atomic E-state index is 13.8. The molecule has 0 saturated carbocycles. The standard InChI is InChI=1S/C20H24FN3.2ClH/c1-2-24-18-6-4-3-5-16(18)17-13-15(7-8-19(17)24)20(14-21)23-11-9-22-10-12-23;;/h3-8,13,20,22H,2,9-12,14H2,1H3;2*1H/t20-;;/m0../s1. The summed E-state index contributed by atoms with van der Waals surface area (Å²) in [7, 11) is 0. The van der Waals surface area contributed by atoms with Gasteiger partial charge in [-0.1, -0.05) is 24.3 Å². The number of hydrogen-bond acceptors (Lipinski definition) is 2. The van der Waals surface area contributed by atoms with Crippen LogP contribution in [0.5, 0.6) is 0 Å². The number of benzene rings is 2. The summed E-state index contributed by atoms with van der Waals surface area (Å²) >= 11 is 0. The molecule has 1 fully saturated rings. The molecule has 26 heavy (non-hydrogen) atoms. The summed E-state index contributed by atoms with van der Waals surface area (Å²) in [5.74, 6) is 0. The number of halogens is 3. The molecule has 142 valence electrons. The summed E-state index contributed by atoms with van der Waals surface area (Å²) in [5, 5.41) is 5.84. The Hall–Kier alpha value is -1.33. The molecule has 1 N–H and O–H groups in total. The summed E-state index contributed by atoms with van der Waals surface area (Å²) in [6, 6.07) is 14.8. The average molecular weight is 398 g/mol. The average Bonchev–Trinajstić information content (AvgIpc) is 2.96. The Kier molecular flexibility index (Phi) is 7.30. The maximum Gasteiger partial charge on any atom is 0.109 e. The lowest BCUT2D eigenvalue weighted by Gasteiger charge is -2.33. The molecular formula is C20H26Cl2FN3. The summed E-state index contributed by atoms with van der Waals surface area (Å²) in [5.41, 5.74) is 3.58. The van der Waals surface area contributed by atoms with Crippen molar-refractivity contribution < 1.29 is 4.39 Å². The van der Waals surface area contributed by atoms with Gasteiger partial charge in [0.25, 0.3) is 0 Å². The van der Waals surface area contributed by atoms with E-state index in [2.05, 4.69) is 64.2 Å². The lowest BCUT2D eigenvalue weighted by molar-refractivity contribution is 0.147. The molecule has 2 aromatic carbocycles. The smallest absolute Gasteiger partial charge is 0.109 e. The molecule has 1 aliphatic rings. The highest BCUT2D eigenvalue weighted by atomic mass is 35.5. The minimum absolute atomic E-state index is 0. The molecule has 0 unspecified atom stereocenters. The number of para-hydroxylation sites is 1. The Bertz CT molecular complexity index is 859. The second-order valence-corrected chi connectivity index (χ2v) is 6.49. The van der Waals surface area contributed by atoms with Crippen molar-refractivity contribution in [2.75, 3.05) is 32.9 Å². The Morgan fingerprint density at radius 3 is 2.38 bits per heavy atom. The molecule has 0 radical (unpaired) electrons. The number of alkyl halides is 1. The van der Waals surface area contributed by atoms with Crippen LogP contribution in [0.4, 0.5) is 4.39 Å². The molecule has 1 aliphatic heterocycles. The number of piperazine rings is 1. The SMILES string of the molecule is CCn1c2ccccc2c2cc([C@H](CF)N3CCNCC3)ccc21.Cl.Cl. The molecular weight excluding hydrogens is 372 g/mol. The Morgan fingerprint density at radius 1 is 1.00 bits per heavy atom. The summed E-state index contributed by atoms with van der Waals surface area (Å²) in [6.07, 6.45) is 0. The zero-order valence-corrected chi connectivity index (χ0v) is 16.6. The quantitative estimate of drug-likeness (QED) is 0.695. The van der Waals surface area contributed by atoms with Gasteiger partial charge in [-0.15, -0.1) is 24.8 Å². The highest BCUT2D eigenvalue weighted by molar-refractivity contribution is 6.08. The van der Waals surface area contributed by atoms with Crippen LogP contribution in [0.1, 0.15) is 18.5 Å². The molecule has 3 nitrogen and oxygen atoms in total. The molecule has 0 amide bonds. The molecule has 6 heteroatoms. The van der Waals surface area contributed by atoms with Crippen molar-refractivity contribution in [1.29, 1.82) is 0 Å². The molecule has 1 aromatic heterocycles. The van der Waals surface area contributed by atoms with E-state index in [-0.39, 0.29) is 37.5 Å². The normalized spacial score (nSPS) is 16.2.